The van der Waals surface area contributed by atoms with Crippen molar-refractivity contribution in [2.75, 3.05) is 0 Å². The van der Waals surface area contributed by atoms with Crippen LogP contribution < -0.4 is 0 Å². The molecule has 0 saturated heterocycles. The Bertz CT molecular complexity index is 471. The molecule has 2 rings (SSSR count). The maximum Gasteiger partial charge on any atom is 0.162 e. The van der Waals surface area contributed by atoms with Crippen molar-refractivity contribution in [1.29, 1.82) is 0 Å². The molecule has 72 valence electrons. The van der Waals surface area contributed by atoms with Gasteiger partial charge in [0.15, 0.2) is 11.6 Å². The zero-order valence-electron chi connectivity index (χ0n) is 7.79. The Morgan fingerprint density at radius 3 is 1.57 bits per heavy atom. The summed E-state index contributed by atoms with van der Waals surface area (Å²) in [5.74, 6) is 0.126. The Balaban J connectivity index is 2.73. The molecule has 2 aromatic heterocycles. The second-order valence-electron chi connectivity index (χ2n) is 3.07. The standard InChI is InChI=1S/C10H8O2S2/c1-5(11)7-3-13-10-8(6(2)12)4-14-9(7)10/h3-4H,1-2H3. The molecule has 0 saturated carbocycles. The van der Waals surface area contributed by atoms with E-state index < -0.39 is 0 Å². The SMILES string of the molecule is CC(=O)c1csc2c(C(C)=O)csc12. The van der Waals surface area contributed by atoms with Crippen LogP contribution >= 0.6 is 22.7 Å². The smallest absolute Gasteiger partial charge is 0.162 e. The highest BCUT2D eigenvalue weighted by Crippen LogP contribution is 2.35. The second kappa shape index (κ2) is 3.29. The van der Waals surface area contributed by atoms with Crippen LogP contribution in [0.5, 0.6) is 0 Å². The Morgan fingerprint density at radius 2 is 1.29 bits per heavy atom. The van der Waals surface area contributed by atoms with Crippen molar-refractivity contribution in [2.24, 2.45) is 0 Å². The van der Waals surface area contributed by atoms with Gasteiger partial charge in [-0.2, -0.15) is 0 Å². The molecule has 2 aromatic rings. The Labute approximate surface area is 89.2 Å². The van der Waals surface area contributed by atoms with Crippen molar-refractivity contribution in [3.05, 3.63) is 21.9 Å². The summed E-state index contributed by atoms with van der Waals surface area (Å²) in [6, 6.07) is 0. The molecule has 0 amide bonds. The lowest BCUT2D eigenvalue weighted by Crippen LogP contribution is -1.87. The number of hydrogen-bond donors (Lipinski definition) is 0. The molecule has 2 heterocycles. The minimum Gasteiger partial charge on any atom is -0.294 e. The van der Waals surface area contributed by atoms with Crippen LogP contribution in [-0.2, 0) is 0 Å². The molecule has 0 unspecified atom stereocenters. The number of carbonyl (C=O) groups is 2. The molecule has 0 N–H and O–H groups in total. The van der Waals surface area contributed by atoms with Gasteiger partial charge in [0, 0.05) is 21.9 Å². The second-order valence-corrected chi connectivity index (χ2v) is 4.83. The van der Waals surface area contributed by atoms with Crippen LogP contribution in [0.15, 0.2) is 10.8 Å². The van der Waals surface area contributed by atoms with Crippen LogP contribution in [0.3, 0.4) is 0 Å². The van der Waals surface area contributed by atoms with Gasteiger partial charge in [0.1, 0.15) is 0 Å². The predicted octanol–water partition coefficient (Wildman–Crippen LogP) is 3.37. The van der Waals surface area contributed by atoms with Crippen LogP contribution in [-0.4, -0.2) is 11.6 Å². The maximum atomic E-state index is 11.2. The lowest BCUT2D eigenvalue weighted by atomic mass is 10.2. The minimum atomic E-state index is 0.0632. The zero-order valence-corrected chi connectivity index (χ0v) is 9.42. The minimum absolute atomic E-state index is 0.0632. The lowest BCUT2D eigenvalue weighted by molar-refractivity contribution is 0.101. The molecule has 0 aliphatic carbocycles. The summed E-state index contributed by atoms with van der Waals surface area (Å²) in [7, 11) is 0. The number of fused-ring (bicyclic) bond motifs is 1. The van der Waals surface area contributed by atoms with Crippen LogP contribution in [0.25, 0.3) is 9.40 Å². The third-order valence-corrected chi connectivity index (χ3v) is 4.20. The third-order valence-electron chi connectivity index (χ3n) is 2.04. The highest BCUT2D eigenvalue weighted by atomic mass is 32.1. The maximum absolute atomic E-state index is 11.2. The van der Waals surface area contributed by atoms with E-state index in [2.05, 4.69) is 0 Å². The van der Waals surface area contributed by atoms with Crippen LogP contribution in [0.1, 0.15) is 34.6 Å². The highest BCUT2D eigenvalue weighted by Gasteiger charge is 2.15. The first-order valence-corrected chi connectivity index (χ1v) is 5.87. The summed E-state index contributed by atoms with van der Waals surface area (Å²) < 4.78 is 1.90. The fourth-order valence-corrected chi connectivity index (χ4v) is 3.88. The summed E-state index contributed by atoms with van der Waals surface area (Å²) in [5.41, 5.74) is 1.48. The van der Waals surface area contributed by atoms with Gasteiger partial charge in [-0.25, -0.2) is 0 Å². The average molecular weight is 224 g/mol. The van der Waals surface area contributed by atoms with Crippen molar-refractivity contribution in [3.63, 3.8) is 0 Å². The number of ketones is 2. The number of hydrogen-bond acceptors (Lipinski definition) is 4. The summed E-state index contributed by atoms with van der Waals surface area (Å²) in [5, 5.41) is 3.66. The molecule has 14 heavy (non-hydrogen) atoms. The first kappa shape index (κ1) is 9.55. The fraction of sp³-hybridized carbons (Fsp3) is 0.200. The van der Waals surface area contributed by atoms with Gasteiger partial charge >= 0.3 is 0 Å². The molecule has 0 aliphatic heterocycles. The third kappa shape index (κ3) is 1.31. The van der Waals surface area contributed by atoms with E-state index in [1.807, 2.05) is 10.8 Å². The van der Waals surface area contributed by atoms with Crippen molar-refractivity contribution in [3.8, 4) is 0 Å². The average Bonchev–Trinajstić information content (AvgIpc) is 2.59. The van der Waals surface area contributed by atoms with Gasteiger partial charge in [0.25, 0.3) is 0 Å². The van der Waals surface area contributed by atoms with E-state index in [1.54, 1.807) is 13.8 Å². The topological polar surface area (TPSA) is 34.1 Å². The summed E-state index contributed by atoms with van der Waals surface area (Å²) in [6.07, 6.45) is 0. The Hall–Kier alpha value is -1.00. The van der Waals surface area contributed by atoms with Gasteiger partial charge in [-0.3, -0.25) is 9.59 Å². The molecular formula is C10H8O2S2. The Kier molecular flexibility index (Phi) is 2.25. The molecule has 0 aromatic carbocycles. The van der Waals surface area contributed by atoms with Crippen molar-refractivity contribution >= 4 is 43.6 Å². The van der Waals surface area contributed by atoms with Gasteiger partial charge in [0.2, 0.25) is 0 Å². The lowest BCUT2D eigenvalue weighted by Gasteiger charge is -1.86. The van der Waals surface area contributed by atoms with Gasteiger partial charge < -0.3 is 0 Å². The van der Waals surface area contributed by atoms with Crippen molar-refractivity contribution in [1.82, 2.24) is 0 Å². The van der Waals surface area contributed by atoms with Crippen molar-refractivity contribution in [2.45, 2.75) is 13.8 Å². The van der Waals surface area contributed by atoms with Crippen LogP contribution in [0, 0.1) is 0 Å². The molecule has 0 fully saturated rings. The molecule has 4 heteroatoms. The van der Waals surface area contributed by atoms with Gasteiger partial charge in [-0.1, -0.05) is 0 Å². The summed E-state index contributed by atoms with van der Waals surface area (Å²) >= 11 is 2.95. The normalized spacial score (nSPS) is 10.7. The zero-order chi connectivity index (χ0) is 10.3. The molecule has 2 nitrogen and oxygen atoms in total. The molecule has 0 atom stereocenters. The number of carbonyl (C=O) groups excluding carboxylic acids is 2. The van der Waals surface area contributed by atoms with E-state index in [4.69, 9.17) is 0 Å². The van der Waals surface area contributed by atoms with E-state index in [1.165, 1.54) is 22.7 Å². The number of rotatable bonds is 2. The number of Topliss-reactive ketones (excluding diaryl/α,β-unsaturated/α-hetero) is 2. The van der Waals surface area contributed by atoms with E-state index in [9.17, 15) is 9.59 Å². The van der Waals surface area contributed by atoms with Crippen LogP contribution in [0.4, 0.5) is 0 Å². The van der Waals surface area contributed by atoms with Crippen LogP contribution in [0.2, 0.25) is 0 Å². The monoisotopic (exact) mass is 224 g/mol. The van der Waals surface area contributed by atoms with E-state index >= 15 is 0 Å². The summed E-state index contributed by atoms with van der Waals surface area (Å²) in [6.45, 7) is 3.10. The molecule has 0 radical (unpaired) electrons. The quantitative estimate of drug-likeness (QED) is 0.733. The Morgan fingerprint density at radius 1 is 0.929 bits per heavy atom. The van der Waals surface area contributed by atoms with Gasteiger partial charge in [-0.15, -0.1) is 22.7 Å². The molecule has 0 aliphatic rings. The molecular weight excluding hydrogens is 216 g/mol. The summed E-state index contributed by atoms with van der Waals surface area (Å²) in [4.78, 5) is 22.5. The van der Waals surface area contributed by atoms with E-state index in [0.29, 0.717) is 0 Å². The highest BCUT2D eigenvalue weighted by molar-refractivity contribution is 7.27. The first-order valence-electron chi connectivity index (χ1n) is 4.12. The van der Waals surface area contributed by atoms with E-state index in [-0.39, 0.29) is 11.6 Å². The first-order chi connectivity index (χ1) is 6.61. The largest absolute Gasteiger partial charge is 0.294 e. The predicted molar refractivity (Wildman–Crippen MR) is 59.7 cm³/mol. The molecule has 0 spiro atoms. The van der Waals surface area contributed by atoms with Gasteiger partial charge in [-0.05, 0) is 13.8 Å². The number of thiophene rings is 2. The van der Waals surface area contributed by atoms with Crippen molar-refractivity contribution < 1.29 is 9.59 Å². The van der Waals surface area contributed by atoms with Gasteiger partial charge in [0.05, 0.1) is 9.40 Å². The fourth-order valence-electron chi connectivity index (χ4n) is 1.31. The van der Waals surface area contributed by atoms with E-state index in [0.717, 1.165) is 20.5 Å². The molecule has 0 bridgehead atoms.